The molecule has 7 N–H and O–H groups in total. The number of hydrogen-bond donors (Lipinski definition) is 7. The number of allylic oxidation sites excluding steroid dienone is 5. The SMILES string of the molecule is CCC(Oc1ccc(C)cc1C)C(=O)NC1=CC(=Nc2ccc(N(CC)CCO)cc2C)C2=C(NC(=O)CC2)C1=O.Cc1cc(N(CCC#N)CCC#N)ccc1N=C1C=C(NC(=O)c2ccccc2C)C(=O)C2=C1NC(=O)CO2.Cc1ccc(OCCCNC(=O)C2=CC(=Nc3ccc(C)cc3Cl)C3=C(CCC(=O)N3)C2=O)c(C)c1. The molecule has 116 heavy (non-hydrogen) atoms. The Morgan fingerprint density at radius 1 is 0.569 bits per heavy atom. The third-order valence-electron chi connectivity index (χ3n) is 19.5. The lowest BCUT2D eigenvalue weighted by atomic mass is 9.87. The second kappa shape index (κ2) is 39.5. The summed E-state index contributed by atoms with van der Waals surface area (Å²) in [6, 6.07) is 39.8. The Hall–Kier alpha value is -13.2. The molecule has 12 rings (SSSR count). The average Bonchev–Trinajstić information content (AvgIpc) is 0.784. The number of nitrogens with zero attached hydrogens (tertiary/aromatic N) is 7. The molecule has 0 spiro atoms. The molecule has 3 heterocycles. The van der Waals surface area contributed by atoms with Crippen molar-refractivity contribution in [3.05, 3.63) is 240 Å². The Morgan fingerprint density at radius 3 is 1.74 bits per heavy atom. The molecule has 6 amide bonds. The number of carbonyl (C=O) groups excluding carboxylic acids is 9. The minimum absolute atomic E-state index is 0.0119. The fourth-order valence-electron chi connectivity index (χ4n) is 13.4. The Kier molecular flexibility index (Phi) is 29.1. The smallest absolute Gasteiger partial charge is 0.265 e. The first-order valence-corrected chi connectivity index (χ1v) is 38.6. The Balaban J connectivity index is 0.000000184. The average molecular weight is 1590 g/mol. The standard InChI is InChI=1S/C32H38N4O5.C29H26N6O4.C28H28ClN3O4/c1-6-27(41-28-12-8-19(3)16-21(28)5)32(40)34-26-18-25(23-10-13-29(38)35-30(23)31(26)39)33-24-11-9-22(17-20(24)4)36(7-2)14-15-37;1-18-7-3-4-8-21(18)29(38)33-24-16-23(26-28(27(24)37)39-17-25(36)34-26)32-22-10-9-20(15-19(22)2)35(13-5-11-30)14-6-12-31;1-16-6-9-24(18(3)13-16)36-12-4-11-30-28(35)20-15-23(31-22-8-5-17(2)14-21(22)29)26-19(27(20)34)7-10-25(33)32-26/h8-9,11-12,16-18,27,37H,6-7,10,13-15H2,1-5H3,(H,34,40)(H,35,38);3-4,7-10,15-16H,5-6,13-14,17H2,1-2H3,(H,33,38)(H,34,36);5-6,8-9,13-15H,4,7,10-12H2,1-3H3,(H,30,35)(H,32,33). The van der Waals surface area contributed by atoms with Gasteiger partial charge in [0.05, 0.1) is 106 Å². The van der Waals surface area contributed by atoms with Crippen molar-refractivity contribution in [1.82, 2.24) is 31.9 Å². The zero-order chi connectivity index (χ0) is 83.4. The van der Waals surface area contributed by atoms with Crippen molar-refractivity contribution >= 4 is 110 Å². The topological polar surface area (TPSA) is 365 Å². The largest absolute Gasteiger partial charge is 0.493 e. The molecule has 3 aliphatic heterocycles. The number of aliphatic hydroxyl groups is 1. The molecular weight excluding hydrogens is 1490 g/mol. The van der Waals surface area contributed by atoms with E-state index >= 15 is 0 Å². The van der Waals surface area contributed by atoms with E-state index in [0.29, 0.717) is 127 Å². The van der Waals surface area contributed by atoms with Crippen molar-refractivity contribution in [3.63, 3.8) is 0 Å². The first-order chi connectivity index (χ1) is 55.7. The summed E-state index contributed by atoms with van der Waals surface area (Å²) in [6.07, 6.45) is 6.24. The van der Waals surface area contributed by atoms with Gasteiger partial charge in [-0.2, -0.15) is 10.5 Å². The first-order valence-electron chi connectivity index (χ1n) is 38.2. The highest BCUT2D eigenvalue weighted by Crippen LogP contribution is 2.35. The van der Waals surface area contributed by atoms with E-state index < -0.39 is 47.1 Å². The molecule has 0 radical (unpaired) electrons. The van der Waals surface area contributed by atoms with Crippen LogP contribution >= 0.6 is 11.6 Å². The predicted octanol–water partition coefficient (Wildman–Crippen LogP) is 12.0. The predicted molar refractivity (Wildman–Crippen MR) is 443 cm³/mol. The van der Waals surface area contributed by atoms with Crippen molar-refractivity contribution < 1.29 is 62.5 Å². The number of ketones is 3. The number of aliphatic hydroxyl groups excluding tert-OH is 1. The van der Waals surface area contributed by atoms with Crippen molar-refractivity contribution in [2.45, 2.75) is 127 Å². The maximum atomic E-state index is 13.4. The molecule has 26 nitrogen and oxygen atoms in total. The highest BCUT2D eigenvalue weighted by Gasteiger charge is 2.38. The molecular formula is C89H92ClN13O13. The number of nitrogens with one attached hydrogen (secondary N) is 6. The highest BCUT2D eigenvalue weighted by atomic mass is 35.5. The van der Waals surface area contributed by atoms with Crippen LogP contribution in [0.4, 0.5) is 28.4 Å². The number of nitriles is 2. The van der Waals surface area contributed by atoms with Crippen LogP contribution in [0.1, 0.15) is 120 Å². The van der Waals surface area contributed by atoms with Crippen LogP contribution in [-0.4, -0.2) is 134 Å². The summed E-state index contributed by atoms with van der Waals surface area (Å²) in [5.41, 5.74) is 14.4. The molecule has 6 aromatic carbocycles. The molecule has 27 heteroatoms. The fourth-order valence-corrected chi connectivity index (χ4v) is 13.6. The number of anilines is 2. The van der Waals surface area contributed by atoms with Crippen LogP contribution in [0.5, 0.6) is 11.5 Å². The van der Waals surface area contributed by atoms with Crippen LogP contribution in [-0.2, 0) is 43.1 Å². The van der Waals surface area contributed by atoms with Gasteiger partial charge in [0.25, 0.3) is 23.6 Å². The van der Waals surface area contributed by atoms with Crippen molar-refractivity contribution in [2.75, 3.05) is 62.3 Å². The van der Waals surface area contributed by atoms with Gasteiger partial charge >= 0.3 is 0 Å². The Morgan fingerprint density at radius 2 is 1.13 bits per heavy atom. The van der Waals surface area contributed by atoms with E-state index in [0.717, 1.165) is 62.6 Å². The van der Waals surface area contributed by atoms with Crippen molar-refractivity contribution in [3.8, 4) is 23.6 Å². The number of carbonyl (C=O) groups is 9. The summed E-state index contributed by atoms with van der Waals surface area (Å²) < 4.78 is 17.3. The van der Waals surface area contributed by atoms with Crippen LogP contribution in [0.3, 0.4) is 0 Å². The lowest BCUT2D eigenvalue weighted by molar-refractivity contribution is -0.128. The molecule has 598 valence electrons. The lowest BCUT2D eigenvalue weighted by Crippen LogP contribution is -2.44. The van der Waals surface area contributed by atoms with E-state index in [1.54, 1.807) is 49.4 Å². The molecule has 1 atom stereocenters. The number of benzene rings is 6. The maximum Gasteiger partial charge on any atom is 0.265 e. The second-order valence-electron chi connectivity index (χ2n) is 28.3. The molecule has 0 saturated carbocycles. The van der Waals surface area contributed by atoms with Gasteiger partial charge in [-0.05, 0) is 206 Å². The quantitative estimate of drug-likeness (QED) is 0.0159. The summed E-state index contributed by atoms with van der Waals surface area (Å²) in [6.45, 7) is 22.1. The number of halogens is 1. The van der Waals surface area contributed by atoms with Gasteiger partial charge in [-0.15, -0.1) is 0 Å². The minimum atomic E-state index is -0.822. The van der Waals surface area contributed by atoms with E-state index in [2.05, 4.69) is 60.0 Å². The Labute approximate surface area is 678 Å². The van der Waals surface area contributed by atoms with E-state index in [-0.39, 0.29) is 84.1 Å². The van der Waals surface area contributed by atoms with Gasteiger partial charge < -0.3 is 61.0 Å². The van der Waals surface area contributed by atoms with Crippen LogP contribution < -0.4 is 51.2 Å². The molecule has 0 fully saturated rings. The molecule has 6 aromatic rings. The zero-order valence-electron chi connectivity index (χ0n) is 66.4. The van der Waals surface area contributed by atoms with Gasteiger partial charge in [0.15, 0.2) is 24.3 Å². The second-order valence-corrected chi connectivity index (χ2v) is 28.7. The van der Waals surface area contributed by atoms with E-state index in [1.165, 1.54) is 17.7 Å². The third kappa shape index (κ3) is 21.4. The summed E-state index contributed by atoms with van der Waals surface area (Å²) in [5, 5.41) is 44.1. The molecule has 1 unspecified atom stereocenters. The zero-order valence-corrected chi connectivity index (χ0v) is 67.2. The Bertz CT molecular complexity index is 5340. The number of amides is 6. The van der Waals surface area contributed by atoms with Crippen LogP contribution in [0.15, 0.2) is 199 Å². The number of rotatable bonds is 25. The van der Waals surface area contributed by atoms with Gasteiger partial charge in [0.2, 0.25) is 23.4 Å². The summed E-state index contributed by atoms with van der Waals surface area (Å²) in [4.78, 5) is 133. The van der Waals surface area contributed by atoms with E-state index in [9.17, 15) is 48.3 Å². The van der Waals surface area contributed by atoms with Gasteiger partial charge in [-0.3, -0.25) is 43.2 Å². The molecule has 3 aliphatic carbocycles. The van der Waals surface area contributed by atoms with Gasteiger partial charge in [0, 0.05) is 73.6 Å². The summed E-state index contributed by atoms with van der Waals surface area (Å²) >= 11 is 6.35. The van der Waals surface area contributed by atoms with Crippen molar-refractivity contribution in [2.24, 2.45) is 15.0 Å². The monoisotopic (exact) mass is 1590 g/mol. The molecule has 0 saturated heterocycles. The minimum Gasteiger partial charge on any atom is -0.493 e. The number of aliphatic imine (C=N–C) groups is 3. The van der Waals surface area contributed by atoms with Gasteiger partial charge in [-0.25, -0.2) is 15.0 Å². The van der Waals surface area contributed by atoms with Gasteiger partial charge in [-0.1, -0.05) is 78.2 Å². The molecule has 0 aromatic heterocycles. The maximum absolute atomic E-state index is 13.4. The number of likely N-dealkylation sites (N-methyl/N-ethyl adjacent to an activating group) is 1. The van der Waals surface area contributed by atoms with Crippen LogP contribution in [0.2, 0.25) is 5.02 Å². The molecule has 6 aliphatic rings. The lowest BCUT2D eigenvalue weighted by Gasteiger charge is -2.27. The fraction of sp³-hybridized carbons (Fsp3) is 0.303. The van der Waals surface area contributed by atoms with Crippen molar-refractivity contribution in [1.29, 1.82) is 10.5 Å². The summed E-state index contributed by atoms with van der Waals surface area (Å²) in [5.74, 6) is -2.38. The highest BCUT2D eigenvalue weighted by molar-refractivity contribution is 6.36. The van der Waals surface area contributed by atoms with E-state index in [4.69, 9.17) is 46.3 Å². The van der Waals surface area contributed by atoms with Gasteiger partial charge in [0.1, 0.15) is 17.2 Å². The summed E-state index contributed by atoms with van der Waals surface area (Å²) in [7, 11) is 0. The number of ether oxygens (including phenoxy) is 3. The molecule has 0 bridgehead atoms. The third-order valence-corrected chi connectivity index (χ3v) is 19.8. The van der Waals surface area contributed by atoms with Crippen LogP contribution in [0, 0.1) is 78.1 Å². The normalized spacial score (nSPS) is 16.2. The number of Topliss-reactive ketones (excluding diaryl/α,β-unsaturated/α-hetero) is 3. The number of hydrogen-bond acceptors (Lipinski definition) is 20. The van der Waals surface area contributed by atoms with Crippen LogP contribution in [0.25, 0.3) is 0 Å². The first kappa shape index (κ1) is 85.3. The van der Waals surface area contributed by atoms with E-state index in [1.807, 2.05) is 140 Å². The number of aryl methyl sites for hydroxylation is 8.